The number of sulfonamides is 1. The molecular weight excluding hydrogens is 528 g/mol. The van der Waals surface area contributed by atoms with E-state index >= 15 is 0 Å². The van der Waals surface area contributed by atoms with Crippen molar-refractivity contribution in [1.29, 1.82) is 0 Å². The van der Waals surface area contributed by atoms with Gasteiger partial charge in [0.2, 0.25) is 15.9 Å². The number of hydrogen-bond acceptors (Lipinski definition) is 4. The van der Waals surface area contributed by atoms with Gasteiger partial charge in [-0.2, -0.15) is 4.72 Å². The molecule has 3 aromatic rings. The Morgan fingerprint density at radius 3 is 2.45 bits per heavy atom. The number of benzene rings is 3. The third-order valence-electron chi connectivity index (χ3n) is 5.02. The molecule has 1 amide bonds. The zero-order valence-electron chi connectivity index (χ0n) is 18.1. The van der Waals surface area contributed by atoms with Crippen molar-refractivity contribution >= 4 is 43.5 Å². The van der Waals surface area contributed by atoms with Crippen molar-refractivity contribution in [1.82, 2.24) is 10.0 Å². The molecule has 9 heteroatoms. The molecule has 3 rings (SSSR count). The van der Waals surface area contributed by atoms with Crippen LogP contribution in [-0.4, -0.2) is 27.5 Å². The number of carbonyl (C=O) groups excluding carboxylic acids is 1. The maximum atomic E-state index is 13.2. The van der Waals surface area contributed by atoms with E-state index in [1.807, 2.05) is 61.5 Å². The third kappa shape index (κ3) is 6.80. The fraction of sp³-hybridized carbons (Fsp3) is 0.208. The van der Waals surface area contributed by atoms with Gasteiger partial charge < -0.3 is 10.1 Å². The maximum absolute atomic E-state index is 13.2. The summed E-state index contributed by atoms with van der Waals surface area (Å²) in [5, 5.41) is 3.15. The summed E-state index contributed by atoms with van der Waals surface area (Å²) >= 11 is 9.46. The standard InChI is InChI=1S/C24H24BrClN2O4S/c1-16(18-9-6-10-19(25)14-18)27-24(29)21(13-17-7-4-3-5-8-17)28-33(30,31)23-15-20(26)11-12-22(23)32-2/h3-12,14-16,21,28H,13H2,1-2H3,(H,27,29)/t16-,21-/m0/s1. The fourth-order valence-corrected chi connectivity index (χ4v) is 5.37. The number of carbonyl (C=O) groups is 1. The summed E-state index contributed by atoms with van der Waals surface area (Å²) in [5.41, 5.74) is 1.70. The smallest absolute Gasteiger partial charge is 0.245 e. The minimum Gasteiger partial charge on any atom is -0.495 e. The van der Waals surface area contributed by atoms with Gasteiger partial charge in [0, 0.05) is 9.50 Å². The van der Waals surface area contributed by atoms with E-state index in [1.165, 1.54) is 25.3 Å². The number of halogens is 2. The Labute approximate surface area is 207 Å². The summed E-state index contributed by atoms with van der Waals surface area (Å²) in [4.78, 5) is 13.1. The quantitative estimate of drug-likeness (QED) is 0.397. The first-order chi connectivity index (χ1) is 15.7. The molecule has 0 aliphatic heterocycles. The first kappa shape index (κ1) is 25.2. The Kier molecular flexibility index (Phi) is 8.53. The molecule has 3 aromatic carbocycles. The summed E-state index contributed by atoms with van der Waals surface area (Å²) in [6.07, 6.45) is 0.167. The first-order valence-electron chi connectivity index (χ1n) is 10.1. The lowest BCUT2D eigenvalue weighted by molar-refractivity contribution is -0.123. The molecule has 174 valence electrons. The number of hydrogen-bond donors (Lipinski definition) is 2. The van der Waals surface area contributed by atoms with Crippen molar-refractivity contribution in [2.45, 2.75) is 30.3 Å². The van der Waals surface area contributed by atoms with Gasteiger partial charge in [0.1, 0.15) is 16.7 Å². The number of ether oxygens (including phenoxy) is 1. The van der Waals surface area contributed by atoms with Crippen LogP contribution in [-0.2, 0) is 21.2 Å². The molecule has 0 unspecified atom stereocenters. The van der Waals surface area contributed by atoms with Crippen molar-refractivity contribution < 1.29 is 17.9 Å². The molecule has 0 heterocycles. The fourth-order valence-electron chi connectivity index (χ4n) is 3.32. The van der Waals surface area contributed by atoms with E-state index in [1.54, 1.807) is 0 Å². The average molecular weight is 552 g/mol. The van der Waals surface area contributed by atoms with E-state index in [2.05, 4.69) is 26.0 Å². The van der Waals surface area contributed by atoms with Crippen LogP contribution in [0.3, 0.4) is 0 Å². The average Bonchev–Trinajstić information content (AvgIpc) is 2.79. The highest BCUT2D eigenvalue weighted by Crippen LogP contribution is 2.27. The van der Waals surface area contributed by atoms with Gasteiger partial charge >= 0.3 is 0 Å². The summed E-state index contributed by atoms with van der Waals surface area (Å²) < 4.78 is 35.1. The van der Waals surface area contributed by atoms with E-state index in [0.717, 1.165) is 15.6 Å². The van der Waals surface area contributed by atoms with Gasteiger partial charge in [0.15, 0.2) is 0 Å². The second-order valence-electron chi connectivity index (χ2n) is 7.44. The van der Waals surface area contributed by atoms with Crippen molar-refractivity contribution in [2.75, 3.05) is 7.11 Å². The van der Waals surface area contributed by atoms with Crippen molar-refractivity contribution in [2.24, 2.45) is 0 Å². The minimum atomic E-state index is -4.12. The lowest BCUT2D eigenvalue weighted by atomic mass is 10.0. The lowest BCUT2D eigenvalue weighted by Gasteiger charge is -2.22. The van der Waals surface area contributed by atoms with E-state index in [4.69, 9.17) is 16.3 Å². The molecule has 0 bridgehead atoms. The Morgan fingerprint density at radius 1 is 1.06 bits per heavy atom. The Bertz CT molecular complexity index is 1220. The summed E-state index contributed by atoms with van der Waals surface area (Å²) in [7, 11) is -2.75. The Hall–Kier alpha value is -2.39. The van der Waals surface area contributed by atoms with Gasteiger partial charge in [-0.15, -0.1) is 0 Å². The Balaban J connectivity index is 1.89. The SMILES string of the molecule is COc1ccc(Cl)cc1S(=O)(=O)N[C@@H](Cc1ccccc1)C(=O)N[C@@H](C)c1cccc(Br)c1. The second-order valence-corrected chi connectivity index (χ2v) is 10.5. The molecule has 0 aromatic heterocycles. The van der Waals surface area contributed by atoms with Gasteiger partial charge in [-0.3, -0.25) is 4.79 Å². The van der Waals surface area contributed by atoms with E-state index in [-0.39, 0.29) is 28.1 Å². The van der Waals surface area contributed by atoms with Crippen LogP contribution in [0, 0.1) is 0 Å². The van der Waals surface area contributed by atoms with Gasteiger partial charge in [0.05, 0.1) is 13.2 Å². The van der Waals surface area contributed by atoms with Gasteiger partial charge in [-0.25, -0.2) is 8.42 Å². The predicted octanol–water partition coefficient (Wildman–Crippen LogP) is 4.88. The minimum absolute atomic E-state index is 0.133. The van der Waals surface area contributed by atoms with Gasteiger partial charge in [0.25, 0.3) is 0 Å². The van der Waals surface area contributed by atoms with Crippen LogP contribution in [0.15, 0.2) is 82.2 Å². The molecule has 0 radical (unpaired) electrons. The number of rotatable bonds is 9. The van der Waals surface area contributed by atoms with Crippen molar-refractivity contribution in [3.8, 4) is 5.75 Å². The van der Waals surface area contributed by atoms with Crippen molar-refractivity contribution in [3.05, 3.63) is 93.4 Å². The molecule has 2 atom stereocenters. The molecule has 2 N–H and O–H groups in total. The number of amides is 1. The second kappa shape index (κ2) is 11.2. The topological polar surface area (TPSA) is 84.5 Å². The molecule has 0 fully saturated rings. The van der Waals surface area contributed by atoms with Crippen LogP contribution in [0.4, 0.5) is 0 Å². The highest BCUT2D eigenvalue weighted by atomic mass is 79.9. The largest absolute Gasteiger partial charge is 0.495 e. The molecular formula is C24H24BrClN2O4S. The molecule has 0 aliphatic rings. The van der Waals surface area contributed by atoms with Crippen LogP contribution in [0.2, 0.25) is 5.02 Å². The van der Waals surface area contributed by atoms with Crippen LogP contribution in [0.5, 0.6) is 5.75 Å². The van der Waals surface area contributed by atoms with Gasteiger partial charge in [-0.1, -0.05) is 70.0 Å². The molecule has 0 saturated carbocycles. The molecule has 0 spiro atoms. The van der Waals surface area contributed by atoms with Crippen LogP contribution in [0.25, 0.3) is 0 Å². The Morgan fingerprint density at radius 2 is 1.79 bits per heavy atom. The molecule has 6 nitrogen and oxygen atoms in total. The van der Waals surface area contributed by atoms with Gasteiger partial charge in [-0.05, 0) is 54.8 Å². The first-order valence-corrected chi connectivity index (χ1v) is 12.8. The zero-order chi connectivity index (χ0) is 24.0. The predicted molar refractivity (Wildman–Crippen MR) is 133 cm³/mol. The lowest BCUT2D eigenvalue weighted by Crippen LogP contribution is -2.48. The summed E-state index contributed by atoms with van der Waals surface area (Å²) in [5.74, 6) is -0.316. The normalized spacial score (nSPS) is 13.2. The summed E-state index contributed by atoms with van der Waals surface area (Å²) in [6, 6.07) is 19.7. The highest BCUT2D eigenvalue weighted by Gasteiger charge is 2.29. The van der Waals surface area contributed by atoms with Crippen LogP contribution in [0.1, 0.15) is 24.1 Å². The summed E-state index contributed by atoms with van der Waals surface area (Å²) in [6.45, 7) is 1.84. The number of nitrogens with one attached hydrogen (secondary N) is 2. The zero-order valence-corrected chi connectivity index (χ0v) is 21.2. The molecule has 33 heavy (non-hydrogen) atoms. The van der Waals surface area contributed by atoms with Crippen molar-refractivity contribution in [3.63, 3.8) is 0 Å². The third-order valence-corrected chi connectivity index (χ3v) is 7.24. The monoisotopic (exact) mass is 550 g/mol. The highest BCUT2D eigenvalue weighted by molar-refractivity contribution is 9.10. The molecule has 0 saturated heterocycles. The maximum Gasteiger partial charge on any atom is 0.245 e. The molecule has 0 aliphatic carbocycles. The van der Waals surface area contributed by atoms with E-state index < -0.39 is 22.0 Å². The van der Waals surface area contributed by atoms with E-state index in [0.29, 0.717) is 0 Å². The van der Waals surface area contributed by atoms with Crippen LogP contribution < -0.4 is 14.8 Å². The van der Waals surface area contributed by atoms with Crippen LogP contribution >= 0.6 is 27.5 Å². The number of methoxy groups -OCH3 is 1. The van der Waals surface area contributed by atoms with E-state index in [9.17, 15) is 13.2 Å².